The maximum absolute atomic E-state index is 12.4. The van der Waals surface area contributed by atoms with Gasteiger partial charge >= 0.3 is 5.97 Å². The SMILES string of the molecule is CCCNC(=O)COC(=O)/C(=C/c1ccccc1)n1nnnc1C. The van der Waals surface area contributed by atoms with Gasteiger partial charge in [-0.25, -0.2) is 4.79 Å². The second-order valence-corrected chi connectivity index (χ2v) is 5.00. The second kappa shape index (κ2) is 8.56. The molecule has 0 aliphatic heterocycles. The van der Waals surface area contributed by atoms with Crippen molar-refractivity contribution in [2.75, 3.05) is 13.2 Å². The standard InChI is InChI=1S/C16H19N5O3/c1-3-9-17-15(22)11-24-16(23)14(21-12(2)18-19-20-21)10-13-7-5-4-6-8-13/h4-8,10H,3,9,11H2,1-2H3,(H,17,22)/b14-10-. The van der Waals surface area contributed by atoms with E-state index >= 15 is 0 Å². The molecule has 0 spiro atoms. The van der Waals surface area contributed by atoms with Crippen molar-refractivity contribution in [3.63, 3.8) is 0 Å². The fourth-order valence-corrected chi connectivity index (χ4v) is 1.89. The highest BCUT2D eigenvalue weighted by Gasteiger charge is 2.18. The first-order valence-electron chi connectivity index (χ1n) is 7.57. The molecule has 2 rings (SSSR count). The van der Waals surface area contributed by atoms with Crippen LogP contribution in [0.25, 0.3) is 11.8 Å². The smallest absolute Gasteiger partial charge is 0.357 e. The number of nitrogens with zero attached hydrogens (tertiary/aromatic N) is 4. The predicted molar refractivity (Wildman–Crippen MR) is 87.4 cm³/mol. The first-order valence-corrected chi connectivity index (χ1v) is 7.57. The number of hydrogen-bond donors (Lipinski definition) is 1. The summed E-state index contributed by atoms with van der Waals surface area (Å²) in [7, 11) is 0. The number of amides is 1. The van der Waals surface area contributed by atoms with Gasteiger partial charge in [-0.05, 0) is 35.4 Å². The number of carbonyl (C=O) groups is 2. The van der Waals surface area contributed by atoms with E-state index in [1.807, 2.05) is 37.3 Å². The lowest BCUT2D eigenvalue weighted by molar-refractivity contribution is -0.143. The minimum Gasteiger partial charge on any atom is -0.451 e. The van der Waals surface area contributed by atoms with Gasteiger partial charge in [-0.3, -0.25) is 4.79 Å². The van der Waals surface area contributed by atoms with Gasteiger partial charge in [0.15, 0.2) is 18.1 Å². The Morgan fingerprint density at radius 3 is 2.67 bits per heavy atom. The largest absolute Gasteiger partial charge is 0.451 e. The Bertz CT molecular complexity index is 724. The molecule has 8 nitrogen and oxygen atoms in total. The van der Waals surface area contributed by atoms with Gasteiger partial charge in [-0.1, -0.05) is 37.3 Å². The number of aromatic nitrogens is 4. The highest BCUT2D eigenvalue weighted by molar-refractivity contribution is 6.15. The zero-order valence-electron chi connectivity index (χ0n) is 13.6. The molecule has 1 aromatic heterocycles. The van der Waals surface area contributed by atoms with Crippen LogP contribution < -0.4 is 5.32 Å². The minimum absolute atomic E-state index is 0.131. The van der Waals surface area contributed by atoms with Gasteiger partial charge in [0.1, 0.15) is 0 Å². The Labute approximate surface area is 139 Å². The van der Waals surface area contributed by atoms with E-state index in [1.54, 1.807) is 13.0 Å². The zero-order chi connectivity index (χ0) is 17.4. The van der Waals surface area contributed by atoms with Crippen molar-refractivity contribution in [1.29, 1.82) is 0 Å². The molecule has 1 heterocycles. The summed E-state index contributed by atoms with van der Waals surface area (Å²) in [5.74, 6) is -0.594. The van der Waals surface area contributed by atoms with Crippen molar-refractivity contribution in [1.82, 2.24) is 25.5 Å². The number of esters is 1. The van der Waals surface area contributed by atoms with Crippen molar-refractivity contribution >= 4 is 23.6 Å². The van der Waals surface area contributed by atoms with Crippen LogP contribution in [-0.2, 0) is 14.3 Å². The lowest BCUT2D eigenvalue weighted by Gasteiger charge is -2.09. The highest BCUT2D eigenvalue weighted by Crippen LogP contribution is 2.13. The summed E-state index contributed by atoms with van der Waals surface area (Å²) in [5, 5.41) is 13.7. The van der Waals surface area contributed by atoms with Crippen LogP contribution in [0.5, 0.6) is 0 Å². The minimum atomic E-state index is -0.680. The molecule has 8 heteroatoms. The van der Waals surface area contributed by atoms with E-state index in [1.165, 1.54) is 4.68 Å². The van der Waals surface area contributed by atoms with Crippen LogP contribution in [0.15, 0.2) is 30.3 Å². The second-order valence-electron chi connectivity index (χ2n) is 5.00. The molecule has 0 aliphatic rings. The topological polar surface area (TPSA) is 99.0 Å². The zero-order valence-corrected chi connectivity index (χ0v) is 13.6. The van der Waals surface area contributed by atoms with Crippen LogP contribution in [0.4, 0.5) is 0 Å². The molecule has 2 aromatic rings. The molecule has 0 saturated heterocycles. The van der Waals surface area contributed by atoms with E-state index in [2.05, 4.69) is 20.8 Å². The highest BCUT2D eigenvalue weighted by atomic mass is 16.5. The Kier molecular flexibility index (Phi) is 6.18. The molecule has 0 radical (unpaired) electrons. The molecule has 0 unspecified atom stereocenters. The lowest BCUT2D eigenvalue weighted by atomic mass is 10.2. The number of tetrazole rings is 1. The fourth-order valence-electron chi connectivity index (χ4n) is 1.89. The van der Waals surface area contributed by atoms with Crippen LogP contribution in [0.3, 0.4) is 0 Å². The van der Waals surface area contributed by atoms with Crippen molar-refractivity contribution < 1.29 is 14.3 Å². The maximum atomic E-state index is 12.4. The van der Waals surface area contributed by atoms with Gasteiger partial charge in [0.2, 0.25) is 0 Å². The Morgan fingerprint density at radius 2 is 2.04 bits per heavy atom. The van der Waals surface area contributed by atoms with E-state index < -0.39 is 5.97 Å². The molecule has 0 bridgehead atoms. The Hall–Kier alpha value is -3.03. The lowest BCUT2D eigenvalue weighted by Crippen LogP contribution is -2.30. The van der Waals surface area contributed by atoms with Crippen molar-refractivity contribution in [2.24, 2.45) is 0 Å². The van der Waals surface area contributed by atoms with Crippen molar-refractivity contribution in [3.05, 3.63) is 41.7 Å². The van der Waals surface area contributed by atoms with E-state index in [-0.39, 0.29) is 18.2 Å². The molecule has 0 atom stereocenters. The summed E-state index contributed by atoms with van der Waals surface area (Å²) in [6.45, 7) is 3.79. The van der Waals surface area contributed by atoms with Crippen LogP contribution in [0.2, 0.25) is 0 Å². The molecule has 126 valence electrons. The summed E-state index contributed by atoms with van der Waals surface area (Å²) in [5.41, 5.74) is 0.918. The summed E-state index contributed by atoms with van der Waals surface area (Å²) >= 11 is 0. The summed E-state index contributed by atoms with van der Waals surface area (Å²) < 4.78 is 6.36. The average molecular weight is 329 g/mol. The molecule has 1 amide bonds. The number of benzene rings is 1. The van der Waals surface area contributed by atoms with Gasteiger partial charge < -0.3 is 10.1 Å². The summed E-state index contributed by atoms with van der Waals surface area (Å²) in [6.07, 6.45) is 2.41. The number of nitrogens with one attached hydrogen (secondary N) is 1. The van der Waals surface area contributed by atoms with Crippen LogP contribution >= 0.6 is 0 Å². The quantitative estimate of drug-likeness (QED) is 0.602. The third-order valence-corrected chi connectivity index (χ3v) is 3.07. The average Bonchev–Trinajstić information content (AvgIpc) is 3.02. The van der Waals surface area contributed by atoms with E-state index in [4.69, 9.17) is 4.74 Å². The van der Waals surface area contributed by atoms with Gasteiger partial charge in [0, 0.05) is 6.54 Å². The molecular formula is C16H19N5O3. The normalized spacial score (nSPS) is 11.2. The molecule has 0 aliphatic carbocycles. The molecule has 1 aromatic carbocycles. The van der Waals surface area contributed by atoms with Crippen LogP contribution in [0.1, 0.15) is 24.7 Å². The van der Waals surface area contributed by atoms with Crippen molar-refractivity contribution in [2.45, 2.75) is 20.3 Å². The van der Waals surface area contributed by atoms with Gasteiger partial charge in [-0.2, -0.15) is 4.68 Å². The van der Waals surface area contributed by atoms with Gasteiger partial charge in [0.25, 0.3) is 5.91 Å². The Morgan fingerprint density at radius 1 is 1.29 bits per heavy atom. The summed E-state index contributed by atoms with van der Waals surface area (Å²) in [4.78, 5) is 24.0. The molecule has 24 heavy (non-hydrogen) atoms. The van der Waals surface area contributed by atoms with E-state index in [0.717, 1.165) is 12.0 Å². The van der Waals surface area contributed by atoms with Gasteiger partial charge in [0.05, 0.1) is 0 Å². The molecule has 0 saturated carbocycles. The fraction of sp³-hybridized carbons (Fsp3) is 0.312. The number of rotatable bonds is 7. The third kappa shape index (κ3) is 4.73. The van der Waals surface area contributed by atoms with Crippen molar-refractivity contribution in [3.8, 4) is 0 Å². The van der Waals surface area contributed by atoms with Gasteiger partial charge in [-0.15, -0.1) is 5.10 Å². The molecule has 0 fully saturated rings. The molecular weight excluding hydrogens is 310 g/mol. The monoisotopic (exact) mass is 329 g/mol. The number of ether oxygens (including phenoxy) is 1. The number of hydrogen-bond acceptors (Lipinski definition) is 6. The number of aryl methyl sites for hydroxylation is 1. The first-order chi connectivity index (χ1) is 11.6. The van der Waals surface area contributed by atoms with Crippen LogP contribution in [0, 0.1) is 6.92 Å². The van der Waals surface area contributed by atoms with Crippen LogP contribution in [-0.4, -0.2) is 45.2 Å². The first kappa shape index (κ1) is 17.3. The van der Waals surface area contributed by atoms with E-state index in [9.17, 15) is 9.59 Å². The third-order valence-electron chi connectivity index (χ3n) is 3.07. The molecule has 1 N–H and O–H groups in total. The summed E-state index contributed by atoms with van der Waals surface area (Å²) in [6, 6.07) is 9.23. The van der Waals surface area contributed by atoms with E-state index in [0.29, 0.717) is 12.4 Å². The number of carbonyl (C=O) groups excluding carboxylic acids is 2. The predicted octanol–water partition coefficient (Wildman–Crippen LogP) is 1.05. The maximum Gasteiger partial charge on any atom is 0.357 e. The Balaban J connectivity index is 2.17.